The number of hydrogen-bond donors (Lipinski definition) is 2. The Balaban J connectivity index is 2.06. The minimum atomic E-state index is -3.32. The third-order valence-electron chi connectivity index (χ3n) is 4.31. The SMILES string of the molecule is CC(C)C1CCCCC1NS(=O)(=O)Cc1cccc(N)c1. The van der Waals surface area contributed by atoms with Gasteiger partial charge in [-0.2, -0.15) is 0 Å². The summed E-state index contributed by atoms with van der Waals surface area (Å²) in [4.78, 5) is 0. The first-order valence-electron chi connectivity index (χ1n) is 7.72. The van der Waals surface area contributed by atoms with Gasteiger partial charge in [0.15, 0.2) is 0 Å². The number of hydrogen-bond acceptors (Lipinski definition) is 3. The van der Waals surface area contributed by atoms with Crippen LogP contribution in [-0.2, 0) is 15.8 Å². The molecule has 1 aromatic carbocycles. The molecule has 0 spiro atoms. The normalized spacial score (nSPS) is 23.4. The summed E-state index contributed by atoms with van der Waals surface area (Å²) in [5.41, 5.74) is 7.04. The van der Waals surface area contributed by atoms with E-state index < -0.39 is 10.0 Å². The van der Waals surface area contributed by atoms with Gasteiger partial charge >= 0.3 is 0 Å². The van der Waals surface area contributed by atoms with Crippen molar-refractivity contribution in [2.24, 2.45) is 11.8 Å². The minimum absolute atomic E-state index is 0.000640. The number of anilines is 1. The number of nitrogens with one attached hydrogen (secondary N) is 1. The van der Waals surface area contributed by atoms with Gasteiger partial charge in [-0.3, -0.25) is 0 Å². The maximum Gasteiger partial charge on any atom is 0.216 e. The molecule has 2 atom stereocenters. The van der Waals surface area contributed by atoms with Crippen LogP contribution < -0.4 is 10.5 Å². The lowest BCUT2D eigenvalue weighted by Gasteiger charge is -2.34. The second kappa shape index (κ2) is 6.79. The van der Waals surface area contributed by atoms with E-state index in [0.717, 1.165) is 24.8 Å². The van der Waals surface area contributed by atoms with Gasteiger partial charge in [-0.25, -0.2) is 13.1 Å². The van der Waals surface area contributed by atoms with Gasteiger partial charge in [-0.1, -0.05) is 38.8 Å². The molecule has 0 aromatic heterocycles. The summed E-state index contributed by atoms with van der Waals surface area (Å²) < 4.78 is 27.7. The van der Waals surface area contributed by atoms with Gasteiger partial charge in [0.05, 0.1) is 5.75 Å². The fraction of sp³-hybridized carbons (Fsp3) is 0.625. The Bertz CT molecular complexity index is 569. The van der Waals surface area contributed by atoms with Gasteiger partial charge in [-0.15, -0.1) is 0 Å². The lowest BCUT2D eigenvalue weighted by Crippen LogP contribution is -2.44. The van der Waals surface area contributed by atoms with E-state index in [2.05, 4.69) is 18.6 Å². The van der Waals surface area contributed by atoms with Crippen molar-refractivity contribution in [1.29, 1.82) is 0 Å². The maximum atomic E-state index is 12.4. The highest BCUT2D eigenvalue weighted by Crippen LogP contribution is 2.30. The lowest BCUT2D eigenvalue weighted by molar-refractivity contribution is 0.226. The van der Waals surface area contributed by atoms with Crippen molar-refractivity contribution in [3.05, 3.63) is 29.8 Å². The number of benzene rings is 1. The number of sulfonamides is 1. The highest BCUT2D eigenvalue weighted by atomic mass is 32.2. The summed E-state index contributed by atoms with van der Waals surface area (Å²) in [6.07, 6.45) is 4.37. The molecule has 2 unspecified atom stereocenters. The fourth-order valence-corrected chi connectivity index (χ4v) is 4.73. The van der Waals surface area contributed by atoms with Crippen molar-refractivity contribution >= 4 is 15.7 Å². The Morgan fingerprint density at radius 3 is 2.67 bits per heavy atom. The van der Waals surface area contributed by atoms with Crippen LogP contribution in [0.4, 0.5) is 5.69 Å². The highest BCUT2D eigenvalue weighted by molar-refractivity contribution is 7.88. The van der Waals surface area contributed by atoms with Crippen LogP contribution in [0.2, 0.25) is 0 Å². The molecule has 0 radical (unpaired) electrons. The van der Waals surface area contributed by atoms with Crippen LogP contribution in [0.1, 0.15) is 45.1 Å². The molecule has 0 aliphatic heterocycles. The van der Waals surface area contributed by atoms with Crippen molar-refractivity contribution in [2.45, 2.75) is 51.3 Å². The maximum absolute atomic E-state index is 12.4. The third kappa shape index (κ3) is 4.71. The monoisotopic (exact) mass is 310 g/mol. The predicted molar refractivity (Wildman–Crippen MR) is 87.2 cm³/mol. The Labute approximate surface area is 128 Å². The second-order valence-corrected chi connectivity index (χ2v) is 8.17. The average Bonchev–Trinajstić information content (AvgIpc) is 2.37. The van der Waals surface area contributed by atoms with Gasteiger partial charge < -0.3 is 5.73 Å². The molecule has 2 rings (SSSR count). The minimum Gasteiger partial charge on any atom is -0.399 e. The average molecular weight is 310 g/mol. The van der Waals surface area contributed by atoms with E-state index in [9.17, 15) is 8.42 Å². The molecule has 1 aromatic rings. The van der Waals surface area contributed by atoms with Crippen LogP contribution in [0.3, 0.4) is 0 Å². The molecule has 4 nitrogen and oxygen atoms in total. The van der Waals surface area contributed by atoms with E-state index in [1.54, 1.807) is 24.3 Å². The van der Waals surface area contributed by atoms with Crippen LogP contribution in [0, 0.1) is 11.8 Å². The van der Waals surface area contributed by atoms with E-state index in [4.69, 9.17) is 5.73 Å². The predicted octanol–water partition coefficient (Wildman–Crippen LogP) is 2.90. The first-order valence-corrected chi connectivity index (χ1v) is 9.37. The summed E-state index contributed by atoms with van der Waals surface area (Å²) in [7, 11) is -3.32. The highest BCUT2D eigenvalue weighted by Gasteiger charge is 2.30. The fourth-order valence-electron chi connectivity index (χ4n) is 3.28. The lowest BCUT2D eigenvalue weighted by atomic mass is 9.78. The van der Waals surface area contributed by atoms with Gasteiger partial charge in [0, 0.05) is 11.7 Å². The first-order chi connectivity index (χ1) is 9.87. The van der Waals surface area contributed by atoms with Crippen molar-refractivity contribution in [1.82, 2.24) is 4.72 Å². The molecule has 1 saturated carbocycles. The molecule has 0 heterocycles. The quantitative estimate of drug-likeness (QED) is 0.821. The molecule has 0 saturated heterocycles. The van der Waals surface area contributed by atoms with Gasteiger partial charge in [0.2, 0.25) is 10.0 Å². The molecular weight excluding hydrogens is 284 g/mol. The molecule has 0 bridgehead atoms. The van der Waals surface area contributed by atoms with Crippen molar-refractivity contribution in [3.8, 4) is 0 Å². The molecular formula is C16H26N2O2S. The molecule has 21 heavy (non-hydrogen) atoms. The van der Waals surface area contributed by atoms with E-state index in [1.807, 2.05) is 0 Å². The van der Waals surface area contributed by atoms with E-state index in [0.29, 0.717) is 17.5 Å². The molecule has 0 amide bonds. The molecule has 5 heteroatoms. The number of rotatable bonds is 5. The number of nitrogens with two attached hydrogens (primary N) is 1. The van der Waals surface area contributed by atoms with Crippen LogP contribution in [0.25, 0.3) is 0 Å². The molecule has 1 aliphatic rings. The van der Waals surface area contributed by atoms with Crippen LogP contribution in [0.5, 0.6) is 0 Å². The van der Waals surface area contributed by atoms with Crippen LogP contribution in [0.15, 0.2) is 24.3 Å². The summed E-state index contributed by atoms with van der Waals surface area (Å²) in [6, 6.07) is 7.15. The van der Waals surface area contributed by atoms with Gasteiger partial charge in [0.25, 0.3) is 0 Å². The van der Waals surface area contributed by atoms with Crippen molar-refractivity contribution in [2.75, 3.05) is 5.73 Å². The third-order valence-corrected chi connectivity index (χ3v) is 5.69. The first kappa shape index (κ1) is 16.3. The Kier molecular flexibility index (Phi) is 5.27. The van der Waals surface area contributed by atoms with E-state index in [-0.39, 0.29) is 11.8 Å². The van der Waals surface area contributed by atoms with Crippen molar-refractivity contribution < 1.29 is 8.42 Å². The zero-order valence-corrected chi connectivity index (χ0v) is 13.7. The van der Waals surface area contributed by atoms with Gasteiger partial charge in [0.1, 0.15) is 0 Å². The Morgan fingerprint density at radius 2 is 2.00 bits per heavy atom. The zero-order chi connectivity index (χ0) is 15.5. The van der Waals surface area contributed by atoms with E-state index >= 15 is 0 Å². The van der Waals surface area contributed by atoms with Gasteiger partial charge in [-0.05, 0) is 42.4 Å². The van der Waals surface area contributed by atoms with E-state index in [1.165, 1.54) is 6.42 Å². The Morgan fingerprint density at radius 1 is 1.29 bits per heavy atom. The summed E-state index contributed by atoms with van der Waals surface area (Å²) in [6.45, 7) is 4.35. The van der Waals surface area contributed by atoms with Crippen LogP contribution in [-0.4, -0.2) is 14.5 Å². The Hall–Kier alpha value is -1.07. The second-order valence-electron chi connectivity index (χ2n) is 6.42. The largest absolute Gasteiger partial charge is 0.399 e. The molecule has 3 N–H and O–H groups in total. The van der Waals surface area contributed by atoms with Crippen LogP contribution >= 0.6 is 0 Å². The smallest absolute Gasteiger partial charge is 0.216 e. The topological polar surface area (TPSA) is 72.2 Å². The zero-order valence-electron chi connectivity index (χ0n) is 12.9. The standard InChI is InChI=1S/C16H26N2O2S/c1-12(2)15-8-3-4-9-16(15)18-21(19,20)11-13-6-5-7-14(17)10-13/h5-7,10,12,15-16,18H,3-4,8-9,11,17H2,1-2H3. The molecule has 1 aliphatic carbocycles. The summed E-state index contributed by atoms with van der Waals surface area (Å²) in [5.74, 6) is 0.944. The van der Waals surface area contributed by atoms with Crippen molar-refractivity contribution in [3.63, 3.8) is 0 Å². The molecule has 118 valence electrons. The summed E-state index contributed by atoms with van der Waals surface area (Å²) >= 11 is 0. The summed E-state index contributed by atoms with van der Waals surface area (Å²) in [5, 5.41) is 0. The molecule has 1 fully saturated rings. The number of nitrogen functional groups attached to an aromatic ring is 1.